The molecule has 2 heterocycles. The number of carbonyl (C=O) groups is 1. The smallest absolute Gasteiger partial charge is 0.222 e. The number of carbonyl (C=O) groups excluding carboxylic acids is 1. The Morgan fingerprint density at radius 1 is 1.25 bits per heavy atom. The molecule has 24 heavy (non-hydrogen) atoms. The Balaban J connectivity index is 1.65. The summed E-state index contributed by atoms with van der Waals surface area (Å²) in [5, 5.41) is 0. The highest BCUT2D eigenvalue weighted by atomic mass is 16.2. The quantitative estimate of drug-likeness (QED) is 0.607. The number of aryl methyl sites for hydroxylation is 1. The highest BCUT2D eigenvalue weighted by Gasteiger charge is 2.47. The van der Waals surface area contributed by atoms with Crippen LogP contribution in [0.25, 0.3) is 0 Å². The first-order valence-corrected chi connectivity index (χ1v) is 9.26. The van der Waals surface area contributed by atoms with Gasteiger partial charge in [-0.2, -0.15) is 0 Å². The molecule has 1 amide bonds. The predicted molar refractivity (Wildman–Crippen MR) is 98.8 cm³/mol. The van der Waals surface area contributed by atoms with E-state index in [0.717, 1.165) is 32.5 Å². The average Bonchev–Trinajstić information content (AvgIpc) is 3.09. The van der Waals surface area contributed by atoms with Gasteiger partial charge in [0.1, 0.15) is 0 Å². The average molecular weight is 326 g/mol. The van der Waals surface area contributed by atoms with Crippen LogP contribution in [-0.2, 0) is 4.79 Å². The largest absolute Gasteiger partial charge is 0.342 e. The van der Waals surface area contributed by atoms with E-state index in [4.69, 9.17) is 0 Å². The summed E-state index contributed by atoms with van der Waals surface area (Å²) in [6, 6.07) is 9.18. The molecule has 3 heteroatoms. The lowest BCUT2D eigenvalue weighted by Gasteiger charge is -2.28. The number of nitrogens with zero attached hydrogens (tertiary/aromatic N) is 2. The van der Waals surface area contributed by atoms with Gasteiger partial charge in [0.15, 0.2) is 0 Å². The van der Waals surface area contributed by atoms with Crippen LogP contribution in [0.4, 0.5) is 0 Å². The molecular weight excluding hydrogens is 296 g/mol. The monoisotopic (exact) mass is 326 g/mol. The molecule has 0 aliphatic carbocycles. The van der Waals surface area contributed by atoms with Gasteiger partial charge in [0, 0.05) is 38.0 Å². The van der Waals surface area contributed by atoms with E-state index in [-0.39, 0.29) is 0 Å². The van der Waals surface area contributed by atoms with Gasteiger partial charge >= 0.3 is 0 Å². The topological polar surface area (TPSA) is 23.6 Å². The maximum atomic E-state index is 12.5. The number of rotatable bonds is 5. The van der Waals surface area contributed by atoms with Gasteiger partial charge in [-0.3, -0.25) is 9.69 Å². The highest BCUT2D eigenvalue weighted by Crippen LogP contribution is 2.44. The van der Waals surface area contributed by atoms with E-state index in [0.29, 0.717) is 30.2 Å². The first-order valence-electron chi connectivity index (χ1n) is 9.26. The van der Waals surface area contributed by atoms with Crippen molar-refractivity contribution >= 4 is 5.91 Å². The van der Waals surface area contributed by atoms with Crippen molar-refractivity contribution in [2.24, 2.45) is 11.8 Å². The second kappa shape index (κ2) is 7.52. The molecule has 2 fully saturated rings. The van der Waals surface area contributed by atoms with Crippen molar-refractivity contribution in [3.8, 4) is 0 Å². The Kier molecular flexibility index (Phi) is 5.40. The normalized spacial score (nSPS) is 27.1. The lowest BCUT2D eigenvalue weighted by Crippen LogP contribution is -2.33. The third kappa shape index (κ3) is 3.41. The zero-order chi connectivity index (χ0) is 17.1. The van der Waals surface area contributed by atoms with Crippen molar-refractivity contribution in [1.29, 1.82) is 0 Å². The highest BCUT2D eigenvalue weighted by molar-refractivity contribution is 5.76. The van der Waals surface area contributed by atoms with Crippen LogP contribution in [-0.4, -0.2) is 42.4 Å². The standard InChI is InChI=1S/C21H30N2O/c1-4-5-6-7-12-20(24)23-14-17-13-22(3)21(19(17)15-23)18-11-9-8-10-16(18)2/h4-5,8-11,17,19,21H,6-7,12-15H2,1-3H3/b5-4+/t17-,19+,21-/m0/s1. The Bertz CT molecular complexity index is 610. The molecule has 2 saturated heterocycles. The van der Waals surface area contributed by atoms with E-state index in [2.05, 4.69) is 60.2 Å². The first kappa shape index (κ1) is 17.2. The van der Waals surface area contributed by atoms with Crippen molar-refractivity contribution in [2.75, 3.05) is 26.7 Å². The van der Waals surface area contributed by atoms with Crippen LogP contribution in [0.2, 0.25) is 0 Å². The molecule has 130 valence electrons. The van der Waals surface area contributed by atoms with Crippen molar-refractivity contribution < 1.29 is 4.79 Å². The number of likely N-dealkylation sites (tertiary alicyclic amines) is 2. The lowest BCUT2D eigenvalue weighted by atomic mass is 9.88. The van der Waals surface area contributed by atoms with Gasteiger partial charge in [-0.1, -0.05) is 36.4 Å². The molecule has 3 nitrogen and oxygen atoms in total. The molecule has 0 bridgehead atoms. The van der Waals surface area contributed by atoms with E-state index in [1.807, 2.05) is 6.92 Å². The third-order valence-electron chi connectivity index (χ3n) is 5.75. The number of hydrogen-bond acceptors (Lipinski definition) is 2. The van der Waals surface area contributed by atoms with E-state index in [9.17, 15) is 4.79 Å². The molecule has 0 aromatic heterocycles. The lowest BCUT2D eigenvalue weighted by molar-refractivity contribution is -0.130. The van der Waals surface area contributed by atoms with E-state index >= 15 is 0 Å². The van der Waals surface area contributed by atoms with Crippen molar-refractivity contribution in [3.05, 3.63) is 47.5 Å². The van der Waals surface area contributed by atoms with Gasteiger partial charge < -0.3 is 4.90 Å². The zero-order valence-electron chi connectivity index (χ0n) is 15.2. The number of amides is 1. The van der Waals surface area contributed by atoms with Gasteiger partial charge in [-0.15, -0.1) is 0 Å². The molecule has 0 unspecified atom stereocenters. The maximum Gasteiger partial charge on any atom is 0.222 e. The SMILES string of the molecule is C/C=C/CCCC(=O)N1C[C@@H]2CN(C)[C@@H](c3ccccc3C)[C@@H]2C1. The van der Waals surface area contributed by atoms with Gasteiger partial charge in [0.2, 0.25) is 5.91 Å². The minimum absolute atomic E-state index is 0.347. The molecule has 2 aliphatic rings. The van der Waals surface area contributed by atoms with E-state index < -0.39 is 0 Å². The summed E-state index contributed by atoms with van der Waals surface area (Å²) >= 11 is 0. The minimum Gasteiger partial charge on any atom is -0.342 e. The maximum absolute atomic E-state index is 12.5. The summed E-state index contributed by atoms with van der Waals surface area (Å²) < 4.78 is 0. The Hall–Kier alpha value is -1.61. The van der Waals surface area contributed by atoms with Crippen molar-refractivity contribution in [3.63, 3.8) is 0 Å². The molecule has 0 saturated carbocycles. The van der Waals surface area contributed by atoms with Gasteiger partial charge in [0.05, 0.1) is 0 Å². The van der Waals surface area contributed by atoms with Crippen LogP contribution >= 0.6 is 0 Å². The van der Waals surface area contributed by atoms with Crippen LogP contribution < -0.4 is 0 Å². The predicted octanol–water partition coefficient (Wildman–Crippen LogP) is 3.80. The number of benzene rings is 1. The summed E-state index contributed by atoms with van der Waals surface area (Å²) in [4.78, 5) is 17.1. The summed E-state index contributed by atoms with van der Waals surface area (Å²) in [5.74, 6) is 1.55. The molecular formula is C21H30N2O. The number of allylic oxidation sites excluding steroid dienone is 2. The van der Waals surface area contributed by atoms with E-state index in [1.165, 1.54) is 11.1 Å². The van der Waals surface area contributed by atoms with Crippen LogP contribution in [0.3, 0.4) is 0 Å². The van der Waals surface area contributed by atoms with Crippen molar-refractivity contribution in [1.82, 2.24) is 9.80 Å². The van der Waals surface area contributed by atoms with Gasteiger partial charge in [0.25, 0.3) is 0 Å². The van der Waals surface area contributed by atoms with Gasteiger partial charge in [-0.05, 0) is 50.8 Å². The Morgan fingerprint density at radius 2 is 2.04 bits per heavy atom. The van der Waals surface area contributed by atoms with Crippen LogP contribution in [0, 0.1) is 18.8 Å². The molecule has 1 aromatic rings. The molecule has 3 rings (SSSR count). The second-order valence-corrected chi connectivity index (χ2v) is 7.42. The Morgan fingerprint density at radius 3 is 2.79 bits per heavy atom. The fraction of sp³-hybridized carbons (Fsp3) is 0.571. The fourth-order valence-electron chi connectivity index (χ4n) is 4.54. The molecule has 3 atom stereocenters. The summed E-state index contributed by atoms with van der Waals surface area (Å²) in [5.41, 5.74) is 2.81. The number of fused-ring (bicyclic) bond motifs is 1. The second-order valence-electron chi connectivity index (χ2n) is 7.42. The zero-order valence-corrected chi connectivity index (χ0v) is 15.2. The minimum atomic E-state index is 0.347. The molecule has 1 aromatic carbocycles. The third-order valence-corrected chi connectivity index (χ3v) is 5.75. The molecule has 0 N–H and O–H groups in total. The Labute approximate surface area is 146 Å². The first-order chi connectivity index (χ1) is 11.6. The number of unbranched alkanes of at least 4 members (excludes halogenated alkanes) is 1. The van der Waals surface area contributed by atoms with Crippen molar-refractivity contribution in [2.45, 2.75) is 39.2 Å². The fourth-order valence-corrected chi connectivity index (χ4v) is 4.54. The summed E-state index contributed by atoms with van der Waals surface area (Å²) in [7, 11) is 2.23. The van der Waals surface area contributed by atoms with Crippen LogP contribution in [0.15, 0.2) is 36.4 Å². The van der Waals surface area contributed by atoms with Gasteiger partial charge in [-0.25, -0.2) is 0 Å². The molecule has 0 spiro atoms. The van der Waals surface area contributed by atoms with E-state index in [1.54, 1.807) is 0 Å². The summed E-state index contributed by atoms with van der Waals surface area (Å²) in [6.07, 6.45) is 6.88. The molecule has 0 radical (unpaired) electrons. The van der Waals surface area contributed by atoms with Crippen LogP contribution in [0.5, 0.6) is 0 Å². The molecule has 2 aliphatic heterocycles. The number of hydrogen-bond donors (Lipinski definition) is 0. The van der Waals surface area contributed by atoms with Crippen LogP contribution in [0.1, 0.15) is 43.4 Å². The summed E-state index contributed by atoms with van der Waals surface area (Å²) in [6.45, 7) is 7.21.